The average molecular weight is 381 g/mol. The minimum atomic E-state index is -3.54. The minimum absolute atomic E-state index is 0.273. The minimum Gasteiger partial charge on any atom is -0.207 e. The summed E-state index contributed by atoms with van der Waals surface area (Å²) in [6, 6.07) is 6.73. The average Bonchev–Trinajstić information content (AvgIpc) is 2.38. The van der Waals surface area contributed by atoms with Gasteiger partial charge < -0.3 is 0 Å². The number of hydrogen-bond acceptors (Lipinski definition) is 2. The molecule has 0 saturated heterocycles. The summed E-state index contributed by atoms with van der Waals surface area (Å²) < 4.78 is 28.7. The molecule has 1 N–H and O–H groups in total. The number of alkyl halides is 1. The molecule has 3 nitrogen and oxygen atoms in total. The van der Waals surface area contributed by atoms with Crippen molar-refractivity contribution in [3.8, 4) is 0 Å². The molecule has 2 atom stereocenters. The Hall–Kier alpha value is -0.100. The molecule has 1 aliphatic rings. The van der Waals surface area contributed by atoms with Gasteiger partial charge in [0.15, 0.2) is 0 Å². The lowest BCUT2D eigenvalue weighted by Crippen LogP contribution is -2.52. The van der Waals surface area contributed by atoms with Crippen LogP contribution in [0.1, 0.15) is 32.6 Å². The Morgan fingerprint density at radius 1 is 1.50 bits per heavy atom. The third-order valence-electron chi connectivity index (χ3n) is 3.80. The first-order valence-electron chi connectivity index (χ1n) is 6.72. The molecular weight excluding hydrogens is 362 g/mol. The highest BCUT2D eigenvalue weighted by Crippen LogP contribution is 2.34. The number of sulfonamides is 1. The lowest BCUT2D eigenvalue weighted by Gasteiger charge is -2.39. The van der Waals surface area contributed by atoms with Gasteiger partial charge in [-0.05, 0) is 37.0 Å². The van der Waals surface area contributed by atoms with Crippen LogP contribution in [-0.2, 0) is 10.0 Å². The fourth-order valence-electron chi connectivity index (χ4n) is 2.88. The molecule has 1 aromatic rings. The standard InChI is InChI=1S/C14H19BrClNO2S/c1-11-4-3-7-14(9-11,10-16)17-20(18,19)13-6-2-5-12(15)8-13/h2,5-6,8,11,17H,3-4,7,9-10H2,1H3. The van der Waals surface area contributed by atoms with Crippen LogP contribution < -0.4 is 4.72 Å². The first kappa shape index (κ1) is 16.3. The maximum atomic E-state index is 12.5. The zero-order chi connectivity index (χ0) is 14.8. The number of benzene rings is 1. The molecule has 0 bridgehead atoms. The van der Waals surface area contributed by atoms with Gasteiger partial charge in [-0.3, -0.25) is 0 Å². The molecule has 20 heavy (non-hydrogen) atoms. The van der Waals surface area contributed by atoms with Crippen molar-refractivity contribution in [2.24, 2.45) is 5.92 Å². The van der Waals surface area contributed by atoms with Gasteiger partial charge >= 0.3 is 0 Å². The fourth-order valence-corrected chi connectivity index (χ4v) is 5.30. The van der Waals surface area contributed by atoms with E-state index in [9.17, 15) is 8.42 Å². The zero-order valence-electron chi connectivity index (χ0n) is 11.4. The molecule has 0 aliphatic heterocycles. The van der Waals surface area contributed by atoms with Crippen LogP contribution in [0.3, 0.4) is 0 Å². The van der Waals surface area contributed by atoms with Gasteiger partial charge in [0.05, 0.1) is 4.90 Å². The third-order valence-corrected chi connectivity index (χ3v) is 6.39. The van der Waals surface area contributed by atoms with Crippen molar-refractivity contribution < 1.29 is 8.42 Å². The van der Waals surface area contributed by atoms with E-state index < -0.39 is 15.6 Å². The van der Waals surface area contributed by atoms with E-state index in [1.54, 1.807) is 24.3 Å². The van der Waals surface area contributed by atoms with Gasteiger partial charge in [-0.15, -0.1) is 11.6 Å². The van der Waals surface area contributed by atoms with E-state index in [-0.39, 0.29) is 4.90 Å². The Bertz CT molecular complexity index is 578. The van der Waals surface area contributed by atoms with E-state index in [2.05, 4.69) is 27.6 Å². The lowest BCUT2D eigenvalue weighted by molar-refractivity contribution is 0.239. The van der Waals surface area contributed by atoms with Crippen molar-refractivity contribution in [2.45, 2.75) is 43.0 Å². The van der Waals surface area contributed by atoms with Crippen molar-refractivity contribution in [1.82, 2.24) is 4.72 Å². The summed E-state index contributed by atoms with van der Waals surface area (Å²) in [5, 5.41) is 0. The summed E-state index contributed by atoms with van der Waals surface area (Å²) in [6.07, 6.45) is 3.74. The Morgan fingerprint density at radius 3 is 2.85 bits per heavy atom. The summed E-state index contributed by atoms with van der Waals surface area (Å²) in [4.78, 5) is 0.273. The third kappa shape index (κ3) is 3.75. The zero-order valence-corrected chi connectivity index (χ0v) is 14.6. The van der Waals surface area contributed by atoms with Crippen LogP contribution >= 0.6 is 27.5 Å². The number of hydrogen-bond donors (Lipinski definition) is 1. The highest BCUT2D eigenvalue weighted by atomic mass is 79.9. The van der Waals surface area contributed by atoms with Crippen LogP contribution in [0.2, 0.25) is 0 Å². The second-order valence-electron chi connectivity index (χ2n) is 5.68. The highest BCUT2D eigenvalue weighted by Gasteiger charge is 2.38. The normalized spacial score (nSPS) is 27.4. The van der Waals surface area contributed by atoms with Crippen LogP contribution in [0.15, 0.2) is 33.6 Å². The summed E-state index contributed by atoms with van der Waals surface area (Å²) in [5.74, 6) is 0.803. The largest absolute Gasteiger partial charge is 0.241 e. The summed E-state index contributed by atoms with van der Waals surface area (Å²) in [7, 11) is -3.54. The quantitative estimate of drug-likeness (QED) is 0.805. The molecule has 0 heterocycles. The molecule has 1 saturated carbocycles. The van der Waals surface area contributed by atoms with Crippen LogP contribution in [0.5, 0.6) is 0 Å². The van der Waals surface area contributed by atoms with Crippen molar-refractivity contribution in [2.75, 3.05) is 5.88 Å². The Labute approximate surface area is 134 Å². The van der Waals surface area contributed by atoms with Crippen LogP contribution in [0.25, 0.3) is 0 Å². The highest BCUT2D eigenvalue weighted by molar-refractivity contribution is 9.10. The predicted octanol–water partition coefficient (Wildman–Crippen LogP) is 3.92. The van der Waals surface area contributed by atoms with Gasteiger partial charge in [0.25, 0.3) is 0 Å². The lowest BCUT2D eigenvalue weighted by atomic mass is 9.78. The molecule has 6 heteroatoms. The number of halogens is 2. The van der Waals surface area contributed by atoms with Gasteiger partial charge in [-0.25, -0.2) is 13.1 Å². The molecule has 0 amide bonds. The van der Waals surface area contributed by atoms with Crippen molar-refractivity contribution in [3.05, 3.63) is 28.7 Å². The second kappa shape index (κ2) is 6.34. The van der Waals surface area contributed by atoms with E-state index in [0.717, 1.165) is 30.2 Å². The Morgan fingerprint density at radius 2 is 2.25 bits per heavy atom. The van der Waals surface area contributed by atoms with E-state index in [1.165, 1.54) is 0 Å². The fraction of sp³-hybridized carbons (Fsp3) is 0.571. The number of rotatable bonds is 4. The second-order valence-corrected chi connectivity index (χ2v) is 8.54. The topological polar surface area (TPSA) is 46.2 Å². The Balaban J connectivity index is 2.26. The predicted molar refractivity (Wildman–Crippen MR) is 85.5 cm³/mol. The van der Waals surface area contributed by atoms with E-state index in [1.807, 2.05) is 0 Å². The van der Waals surface area contributed by atoms with E-state index >= 15 is 0 Å². The van der Waals surface area contributed by atoms with Crippen LogP contribution in [-0.4, -0.2) is 19.8 Å². The monoisotopic (exact) mass is 379 g/mol. The van der Waals surface area contributed by atoms with E-state index in [4.69, 9.17) is 11.6 Å². The maximum absolute atomic E-state index is 12.5. The van der Waals surface area contributed by atoms with Crippen LogP contribution in [0.4, 0.5) is 0 Å². The van der Waals surface area contributed by atoms with Gasteiger partial charge in [-0.1, -0.05) is 41.8 Å². The van der Waals surface area contributed by atoms with Gasteiger partial charge in [0.2, 0.25) is 10.0 Å². The first-order chi connectivity index (χ1) is 9.37. The Kier molecular flexibility index (Phi) is 5.16. The summed E-state index contributed by atoms with van der Waals surface area (Å²) >= 11 is 9.39. The van der Waals surface area contributed by atoms with Crippen molar-refractivity contribution in [3.63, 3.8) is 0 Å². The SMILES string of the molecule is CC1CCCC(CCl)(NS(=O)(=O)c2cccc(Br)c2)C1. The summed E-state index contributed by atoms with van der Waals surface area (Å²) in [6.45, 7) is 2.15. The van der Waals surface area contributed by atoms with E-state index in [0.29, 0.717) is 11.8 Å². The first-order valence-corrected chi connectivity index (χ1v) is 9.53. The van der Waals surface area contributed by atoms with Gasteiger partial charge in [0, 0.05) is 15.9 Å². The molecule has 2 rings (SSSR count). The molecular formula is C14H19BrClNO2S. The molecule has 2 unspecified atom stereocenters. The molecule has 1 aliphatic carbocycles. The van der Waals surface area contributed by atoms with Crippen molar-refractivity contribution >= 4 is 37.6 Å². The molecule has 1 fully saturated rings. The number of nitrogens with one attached hydrogen (secondary N) is 1. The molecule has 0 aromatic heterocycles. The summed E-state index contributed by atoms with van der Waals surface area (Å²) in [5.41, 5.74) is -0.514. The molecule has 1 aromatic carbocycles. The maximum Gasteiger partial charge on any atom is 0.241 e. The van der Waals surface area contributed by atoms with Gasteiger partial charge in [0.1, 0.15) is 0 Å². The smallest absolute Gasteiger partial charge is 0.207 e. The van der Waals surface area contributed by atoms with Crippen molar-refractivity contribution in [1.29, 1.82) is 0 Å². The molecule has 0 spiro atoms. The van der Waals surface area contributed by atoms with Crippen LogP contribution in [0, 0.1) is 5.92 Å². The van der Waals surface area contributed by atoms with Gasteiger partial charge in [-0.2, -0.15) is 0 Å². The molecule has 0 radical (unpaired) electrons. The molecule has 112 valence electrons.